The molecule has 0 amide bonds. The van der Waals surface area contributed by atoms with Crippen LogP contribution in [0.25, 0.3) is 0 Å². The van der Waals surface area contributed by atoms with E-state index in [-0.39, 0.29) is 22.7 Å². The van der Waals surface area contributed by atoms with Crippen molar-refractivity contribution in [2.24, 2.45) is 5.73 Å². The fraction of sp³-hybridized carbons (Fsp3) is 0.235. The van der Waals surface area contributed by atoms with Gasteiger partial charge in [-0.1, -0.05) is 0 Å². The zero-order valence-electron chi connectivity index (χ0n) is 14.0. The molecule has 0 unspecified atom stereocenters. The van der Waals surface area contributed by atoms with Gasteiger partial charge < -0.3 is 19.9 Å². The maximum atomic E-state index is 12.7. The molecule has 0 spiro atoms. The van der Waals surface area contributed by atoms with Crippen LogP contribution in [0.4, 0.5) is 5.69 Å². The van der Waals surface area contributed by atoms with E-state index < -0.39 is 16.0 Å². The number of carbonyl (C=O) groups is 1. The first-order valence-corrected chi connectivity index (χ1v) is 9.26. The summed E-state index contributed by atoms with van der Waals surface area (Å²) < 4.78 is 43.3. The van der Waals surface area contributed by atoms with Gasteiger partial charge in [0.2, 0.25) is 0 Å². The van der Waals surface area contributed by atoms with Crippen LogP contribution in [0.15, 0.2) is 41.3 Å². The fourth-order valence-electron chi connectivity index (χ4n) is 2.51. The van der Waals surface area contributed by atoms with Crippen LogP contribution in [0.1, 0.15) is 15.9 Å². The lowest BCUT2D eigenvalue weighted by Gasteiger charge is -2.19. The van der Waals surface area contributed by atoms with Crippen LogP contribution in [0, 0.1) is 0 Å². The Labute approximate surface area is 150 Å². The van der Waals surface area contributed by atoms with Crippen LogP contribution in [0.2, 0.25) is 0 Å². The Hall–Kier alpha value is -2.78. The van der Waals surface area contributed by atoms with Crippen molar-refractivity contribution in [3.8, 4) is 11.5 Å². The molecule has 0 fully saturated rings. The van der Waals surface area contributed by atoms with E-state index in [9.17, 15) is 13.2 Å². The van der Waals surface area contributed by atoms with E-state index in [4.69, 9.17) is 15.2 Å². The minimum Gasteiger partial charge on any atom is -0.486 e. The van der Waals surface area contributed by atoms with Gasteiger partial charge in [0.05, 0.1) is 17.6 Å². The number of nitrogens with one attached hydrogen (secondary N) is 1. The van der Waals surface area contributed by atoms with Crippen LogP contribution < -0.4 is 19.9 Å². The van der Waals surface area contributed by atoms with Crippen LogP contribution >= 0.6 is 0 Å². The van der Waals surface area contributed by atoms with Gasteiger partial charge in [0.15, 0.2) is 11.5 Å². The van der Waals surface area contributed by atoms with Crippen LogP contribution in [-0.4, -0.2) is 34.7 Å². The summed E-state index contributed by atoms with van der Waals surface area (Å²) >= 11 is 0. The maximum absolute atomic E-state index is 12.7. The lowest BCUT2D eigenvalue weighted by Crippen LogP contribution is -2.17. The highest BCUT2D eigenvalue weighted by molar-refractivity contribution is 7.92. The first-order chi connectivity index (χ1) is 12.4. The number of anilines is 1. The Balaban J connectivity index is 1.93. The number of carbonyl (C=O) groups excluding carboxylic acids is 1. The predicted octanol–water partition coefficient (Wildman–Crippen LogP) is 1.50. The first-order valence-electron chi connectivity index (χ1n) is 7.78. The molecule has 1 aliphatic rings. The zero-order valence-corrected chi connectivity index (χ0v) is 14.8. The van der Waals surface area contributed by atoms with Gasteiger partial charge in [-0.3, -0.25) is 4.72 Å². The van der Waals surface area contributed by atoms with Gasteiger partial charge in [-0.25, -0.2) is 13.2 Å². The number of fused-ring (bicyclic) bond motifs is 1. The average Bonchev–Trinajstić information content (AvgIpc) is 2.66. The van der Waals surface area contributed by atoms with Gasteiger partial charge >= 0.3 is 5.97 Å². The number of rotatable bonds is 5. The van der Waals surface area contributed by atoms with E-state index >= 15 is 0 Å². The third-order valence-electron chi connectivity index (χ3n) is 3.73. The Morgan fingerprint density at radius 3 is 2.58 bits per heavy atom. The van der Waals surface area contributed by atoms with Gasteiger partial charge in [-0.2, -0.15) is 0 Å². The van der Waals surface area contributed by atoms with Gasteiger partial charge in [0.25, 0.3) is 10.0 Å². The summed E-state index contributed by atoms with van der Waals surface area (Å²) in [6, 6.07) is 8.85. The second kappa shape index (κ2) is 7.22. The van der Waals surface area contributed by atoms with Crippen LogP contribution in [-0.2, 0) is 21.3 Å². The largest absolute Gasteiger partial charge is 0.486 e. The minimum atomic E-state index is -3.90. The van der Waals surface area contributed by atoms with Crippen molar-refractivity contribution in [2.75, 3.05) is 25.0 Å². The monoisotopic (exact) mass is 378 g/mol. The lowest BCUT2D eigenvalue weighted by atomic mass is 10.1. The third kappa shape index (κ3) is 3.73. The van der Waals surface area contributed by atoms with Crippen molar-refractivity contribution < 1.29 is 27.4 Å². The second-order valence-corrected chi connectivity index (χ2v) is 7.21. The smallest absolute Gasteiger partial charge is 0.337 e. The molecule has 2 aromatic rings. The highest BCUT2D eigenvalue weighted by Gasteiger charge is 2.20. The SMILES string of the molecule is COC(=O)c1cc(CN)cc(NS(=O)(=O)c2ccc3c(c2)OCCO3)c1. The highest BCUT2D eigenvalue weighted by atomic mass is 32.2. The molecule has 3 N–H and O–H groups in total. The van der Waals surface area contributed by atoms with Crippen molar-refractivity contribution in [3.05, 3.63) is 47.5 Å². The summed E-state index contributed by atoms with van der Waals surface area (Å²) in [5.74, 6) is 0.276. The van der Waals surface area contributed by atoms with Gasteiger partial charge in [0.1, 0.15) is 13.2 Å². The molecule has 0 saturated carbocycles. The maximum Gasteiger partial charge on any atom is 0.337 e. The van der Waals surface area contributed by atoms with Gasteiger partial charge in [-0.05, 0) is 35.9 Å². The van der Waals surface area contributed by atoms with E-state index in [0.29, 0.717) is 30.3 Å². The summed E-state index contributed by atoms with van der Waals surface area (Å²) in [5.41, 5.74) is 6.63. The molecule has 26 heavy (non-hydrogen) atoms. The summed E-state index contributed by atoms with van der Waals surface area (Å²) in [6.45, 7) is 0.911. The molecular formula is C17H18N2O6S. The molecule has 1 aliphatic heterocycles. The lowest BCUT2D eigenvalue weighted by molar-refractivity contribution is 0.0600. The van der Waals surface area contributed by atoms with Crippen LogP contribution in [0.5, 0.6) is 11.5 Å². The number of benzene rings is 2. The van der Waals surface area contributed by atoms with E-state index in [1.54, 1.807) is 18.2 Å². The molecular weight excluding hydrogens is 360 g/mol. The Morgan fingerprint density at radius 1 is 1.15 bits per heavy atom. The average molecular weight is 378 g/mol. The number of sulfonamides is 1. The molecule has 9 heteroatoms. The van der Waals surface area contributed by atoms with Gasteiger partial charge in [-0.15, -0.1) is 0 Å². The number of ether oxygens (including phenoxy) is 3. The summed E-state index contributed by atoms with van der Waals surface area (Å²) in [5, 5.41) is 0. The molecule has 0 bridgehead atoms. The van der Waals surface area contributed by atoms with E-state index in [1.807, 2.05) is 0 Å². The number of hydrogen-bond donors (Lipinski definition) is 2. The molecule has 0 saturated heterocycles. The van der Waals surface area contributed by atoms with Gasteiger partial charge in [0, 0.05) is 18.3 Å². The Morgan fingerprint density at radius 2 is 1.88 bits per heavy atom. The number of methoxy groups -OCH3 is 1. The van der Waals surface area contributed by atoms with E-state index in [1.165, 1.54) is 25.3 Å². The third-order valence-corrected chi connectivity index (χ3v) is 5.10. The van der Waals surface area contributed by atoms with Crippen molar-refractivity contribution in [1.29, 1.82) is 0 Å². The molecule has 0 radical (unpaired) electrons. The fourth-order valence-corrected chi connectivity index (χ4v) is 3.56. The molecule has 3 rings (SSSR count). The van der Waals surface area contributed by atoms with Crippen molar-refractivity contribution in [2.45, 2.75) is 11.4 Å². The molecule has 0 atom stereocenters. The summed E-state index contributed by atoms with van der Waals surface area (Å²) in [4.78, 5) is 11.8. The number of nitrogens with two attached hydrogens (primary N) is 1. The van der Waals surface area contributed by atoms with Crippen molar-refractivity contribution in [3.63, 3.8) is 0 Å². The zero-order chi connectivity index (χ0) is 18.7. The molecule has 1 heterocycles. The summed E-state index contributed by atoms with van der Waals surface area (Å²) in [6.07, 6.45) is 0. The second-order valence-electron chi connectivity index (χ2n) is 5.53. The van der Waals surface area contributed by atoms with E-state index in [2.05, 4.69) is 9.46 Å². The van der Waals surface area contributed by atoms with Crippen molar-refractivity contribution in [1.82, 2.24) is 0 Å². The number of hydrogen-bond acceptors (Lipinski definition) is 7. The molecule has 138 valence electrons. The standard InChI is InChI=1S/C17H18N2O6S/c1-23-17(20)12-6-11(10-18)7-13(8-12)19-26(21,22)14-2-3-15-16(9-14)25-5-4-24-15/h2-3,6-9,19H,4-5,10,18H2,1H3. The Bertz CT molecular complexity index is 942. The van der Waals surface area contributed by atoms with Crippen LogP contribution in [0.3, 0.4) is 0 Å². The quantitative estimate of drug-likeness (QED) is 0.757. The molecule has 0 aromatic heterocycles. The topological polar surface area (TPSA) is 117 Å². The number of esters is 1. The van der Waals surface area contributed by atoms with E-state index in [0.717, 1.165) is 0 Å². The Kier molecular flexibility index (Phi) is 5.01. The summed E-state index contributed by atoms with van der Waals surface area (Å²) in [7, 11) is -2.65. The first kappa shape index (κ1) is 18.0. The molecule has 0 aliphatic carbocycles. The predicted molar refractivity (Wildman–Crippen MR) is 93.9 cm³/mol. The highest BCUT2D eigenvalue weighted by Crippen LogP contribution is 2.32. The normalized spacial score (nSPS) is 13.2. The minimum absolute atomic E-state index is 0.0134. The van der Waals surface area contributed by atoms with Crippen molar-refractivity contribution >= 4 is 21.7 Å². The molecule has 2 aromatic carbocycles. The molecule has 8 nitrogen and oxygen atoms in total.